The van der Waals surface area contributed by atoms with Crippen molar-refractivity contribution in [3.63, 3.8) is 0 Å². The van der Waals surface area contributed by atoms with Crippen molar-refractivity contribution in [1.82, 2.24) is 5.43 Å². The maximum Gasteiger partial charge on any atom is 0.305 e. The highest BCUT2D eigenvalue weighted by Crippen LogP contribution is 2.06. The molecule has 1 aromatic rings. The Morgan fingerprint density at radius 1 is 1.09 bits per heavy atom. The molecule has 0 aliphatic carbocycles. The zero-order chi connectivity index (χ0) is 16.9. The number of amides is 1. The Morgan fingerprint density at radius 2 is 1.74 bits per heavy atom. The molecule has 0 spiro atoms. The summed E-state index contributed by atoms with van der Waals surface area (Å²) < 4.78 is 4.86. The molecule has 0 saturated heterocycles. The lowest BCUT2D eigenvalue weighted by atomic mass is 10.1. The summed E-state index contributed by atoms with van der Waals surface area (Å²) in [5.74, 6) is -0.0140. The number of benzene rings is 1. The van der Waals surface area contributed by atoms with Crippen molar-refractivity contribution in [3.05, 3.63) is 35.9 Å². The summed E-state index contributed by atoms with van der Waals surface area (Å²) in [6, 6.07) is 8.85. The average Bonchev–Trinajstić information content (AvgIpc) is 2.56. The second-order valence-electron chi connectivity index (χ2n) is 5.13. The molecule has 23 heavy (non-hydrogen) atoms. The van der Waals surface area contributed by atoms with E-state index in [1.54, 1.807) is 31.2 Å². The lowest BCUT2D eigenvalue weighted by molar-refractivity contribution is -0.143. The molecule has 1 amide bonds. The molecule has 0 radical (unpaired) electrons. The Balaban J connectivity index is 2.13. The first-order chi connectivity index (χ1) is 11.1. The summed E-state index contributed by atoms with van der Waals surface area (Å²) in [6.07, 6.45) is 4.68. The van der Waals surface area contributed by atoms with Crippen LogP contribution in [0.25, 0.3) is 0 Å². The quantitative estimate of drug-likeness (QED) is 0.228. The largest absolute Gasteiger partial charge is 0.466 e. The minimum Gasteiger partial charge on any atom is -0.466 e. The van der Waals surface area contributed by atoms with Gasteiger partial charge in [0.05, 0.1) is 6.61 Å². The number of hydrogen-bond donors (Lipinski definition) is 2. The lowest BCUT2D eigenvalue weighted by Gasteiger charge is -2.04. The number of ether oxygens (including phenoxy) is 1. The minimum atomic E-state index is -0.275. The number of nitrogens with zero attached hydrogens (tertiary/aromatic N) is 1. The van der Waals surface area contributed by atoms with Crippen LogP contribution >= 0.6 is 0 Å². The number of hydrogen-bond acceptors (Lipinski definition) is 4. The van der Waals surface area contributed by atoms with Gasteiger partial charge in [-0.05, 0) is 31.9 Å². The standard InChI is InChI=1S/C17H25N3O3/c1-2-23-16(21)13-9-4-3-8-12-15(18)19-20-17(22)14-10-6-5-7-11-14/h5-7,10-11H,2-4,8-9,12-13H2,1H3,(H2,18,19)(H,20,22). The van der Waals surface area contributed by atoms with Gasteiger partial charge in [-0.3, -0.25) is 9.59 Å². The van der Waals surface area contributed by atoms with Crippen molar-refractivity contribution in [2.45, 2.75) is 45.4 Å². The van der Waals surface area contributed by atoms with E-state index in [9.17, 15) is 9.59 Å². The SMILES string of the molecule is CCOC(=O)CCCCCC/C(N)=N/NC(=O)c1ccccc1. The molecule has 0 bridgehead atoms. The number of carbonyl (C=O) groups excluding carboxylic acids is 2. The van der Waals surface area contributed by atoms with Crippen molar-refractivity contribution in [2.75, 3.05) is 6.61 Å². The topological polar surface area (TPSA) is 93.8 Å². The molecular formula is C17H25N3O3. The van der Waals surface area contributed by atoms with Gasteiger partial charge in [0.15, 0.2) is 0 Å². The van der Waals surface area contributed by atoms with E-state index in [4.69, 9.17) is 10.5 Å². The third kappa shape index (κ3) is 8.60. The molecular weight excluding hydrogens is 294 g/mol. The monoisotopic (exact) mass is 319 g/mol. The summed E-state index contributed by atoms with van der Waals surface area (Å²) in [4.78, 5) is 22.9. The van der Waals surface area contributed by atoms with Gasteiger partial charge >= 0.3 is 5.97 Å². The van der Waals surface area contributed by atoms with E-state index in [1.807, 2.05) is 6.07 Å². The minimum absolute atomic E-state index is 0.141. The second-order valence-corrected chi connectivity index (χ2v) is 5.13. The van der Waals surface area contributed by atoms with Crippen LogP contribution in [0.5, 0.6) is 0 Å². The Labute approximate surface area is 137 Å². The van der Waals surface area contributed by atoms with Crippen LogP contribution in [0.4, 0.5) is 0 Å². The van der Waals surface area contributed by atoms with Gasteiger partial charge in [-0.2, -0.15) is 5.10 Å². The molecule has 0 aliphatic heterocycles. The summed E-state index contributed by atoms with van der Waals surface area (Å²) in [5.41, 5.74) is 8.75. The molecule has 0 saturated carbocycles. The van der Waals surface area contributed by atoms with Gasteiger partial charge in [0.1, 0.15) is 5.84 Å². The predicted octanol–water partition coefficient (Wildman–Crippen LogP) is 2.59. The summed E-state index contributed by atoms with van der Waals surface area (Å²) in [7, 11) is 0. The van der Waals surface area contributed by atoms with E-state index in [-0.39, 0.29) is 11.9 Å². The fourth-order valence-corrected chi connectivity index (χ4v) is 1.99. The number of amidine groups is 1. The highest BCUT2D eigenvalue weighted by Gasteiger charge is 2.03. The Hall–Kier alpha value is -2.37. The van der Waals surface area contributed by atoms with Crippen LogP contribution in [0.1, 0.15) is 55.8 Å². The highest BCUT2D eigenvalue weighted by atomic mass is 16.5. The van der Waals surface area contributed by atoms with Gasteiger partial charge < -0.3 is 10.5 Å². The van der Waals surface area contributed by atoms with Crippen molar-refractivity contribution >= 4 is 17.7 Å². The maximum atomic E-state index is 11.8. The van der Waals surface area contributed by atoms with Crippen molar-refractivity contribution in [1.29, 1.82) is 0 Å². The zero-order valence-corrected chi connectivity index (χ0v) is 13.6. The van der Waals surface area contributed by atoms with Gasteiger partial charge in [0.2, 0.25) is 0 Å². The molecule has 126 valence electrons. The zero-order valence-electron chi connectivity index (χ0n) is 13.6. The van der Waals surface area contributed by atoms with Crippen LogP contribution in [0.2, 0.25) is 0 Å². The number of hydrazone groups is 1. The molecule has 6 nitrogen and oxygen atoms in total. The predicted molar refractivity (Wildman–Crippen MR) is 89.9 cm³/mol. The van der Waals surface area contributed by atoms with Gasteiger partial charge in [0.25, 0.3) is 5.91 Å². The normalized spacial score (nSPS) is 11.1. The summed E-state index contributed by atoms with van der Waals surface area (Å²) in [5, 5.41) is 3.89. The number of unbranched alkanes of at least 4 members (excludes halogenated alkanes) is 3. The Kier molecular flexibility index (Phi) is 9.12. The molecule has 3 N–H and O–H groups in total. The van der Waals surface area contributed by atoms with Crippen molar-refractivity contribution in [3.8, 4) is 0 Å². The van der Waals surface area contributed by atoms with Crippen LogP contribution in [-0.4, -0.2) is 24.3 Å². The molecule has 0 aromatic heterocycles. The van der Waals surface area contributed by atoms with Crippen LogP contribution in [-0.2, 0) is 9.53 Å². The molecule has 1 aromatic carbocycles. The van der Waals surface area contributed by atoms with Gasteiger partial charge in [-0.25, -0.2) is 5.43 Å². The third-order valence-electron chi connectivity index (χ3n) is 3.21. The molecule has 6 heteroatoms. The Morgan fingerprint density at radius 3 is 2.39 bits per heavy atom. The summed E-state index contributed by atoms with van der Waals surface area (Å²) in [6.45, 7) is 2.23. The third-order valence-corrected chi connectivity index (χ3v) is 3.21. The van der Waals surface area contributed by atoms with Crippen LogP contribution in [0.15, 0.2) is 35.4 Å². The van der Waals surface area contributed by atoms with E-state index in [0.717, 1.165) is 25.7 Å². The van der Waals surface area contributed by atoms with Crippen LogP contribution in [0, 0.1) is 0 Å². The first kappa shape index (κ1) is 18.7. The van der Waals surface area contributed by atoms with E-state index in [0.29, 0.717) is 30.8 Å². The van der Waals surface area contributed by atoms with Gasteiger partial charge in [-0.15, -0.1) is 0 Å². The second kappa shape index (κ2) is 11.2. The van der Waals surface area contributed by atoms with Crippen LogP contribution < -0.4 is 11.2 Å². The van der Waals surface area contributed by atoms with Gasteiger partial charge in [0, 0.05) is 18.4 Å². The number of carbonyl (C=O) groups is 2. The first-order valence-corrected chi connectivity index (χ1v) is 7.96. The van der Waals surface area contributed by atoms with E-state index in [2.05, 4.69) is 10.5 Å². The fourth-order valence-electron chi connectivity index (χ4n) is 1.99. The number of rotatable bonds is 10. The number of esters is 1. The molecule has 0 unspecified atom stereocenters. The van der Waals surface area contributed by atoms with E-state index < -0.39 is 0 Å². The molecule has 0 atom stereocenters. The lowest BCUT2D eigenvalue weighted by Crippen LogP contribution is -2.23. The number of nitrogens with one attached hydrogen (secondary N) is 1. The maximum absolute atomic E-state index is 11.8. The van der Waals surface area contributed by atoms with E-state index in [1.165, 1.54) is 0 Å². The van der Waals surface area contributed by atoms with Gasteiger partial charge in [-0.1, -0.05) is 31.0 Å². The smallest absolute Gasteiger partial charge is 0.305 e. The first-order valence-electron chi connectivity index (χ1n) is 7.96. The van der Waals surface area contributed by atoms with Crippen molar-refractivity contribution < 1.29 is 14.3 Å². The number of nitrogens with two attached hydrogens (primary N) is 1. The average molecular weight is 319 g/mol. The van der Waals surface area contributed by atoms with Crippen LogP contribution in [0.3, 0.4) is 0 Å². The fraction of sp³-hybridized carbons (Fsp3) is 0.471. The van der Waals surface area contributed by atoms with Crippen molar-refractivity contribution in [2.24, 2.45) is 10.8 Å². The van der Waals surface area contributed by atoms with E-state index >= 15 is 0 Å². The highest BCUT2D eigenvalue weighted by molar-refractivity contribution is 5.95. The Bertz CT molecular complexity index is 515. The molecule has 0 aliphatic rings. The molecule has 0 heterocycles. The molecule has 0 fully saturated rings. The molecule has 1 rings (SSSR count). The summed E-state index contributed by atoms with van der Waals surface area (Å²) >= 11 is 0.